The largest absolute Gasteiger partial charge is 0.340 e. The van der Waals surface area contributed by atoms with Crippen LogP contribution in [0.5, 0.6) is 0 Å². The van der Waals surface area contributed by atoms with E-state index >= 15 is 0 Å². The Bertz CT molecular complexity index is 1530. The summed E-state index contributed by atoms with van der Waals surface area (Å²) in [7, 11) is -3.41. The van der Waals surface area contributed by atoms with E-state index in [4.69, 9.17) is 4.98 Å². The fourth-order valence-corrected chi connectivity index (χ4v) is 5.72. The second-order valence-electron chi connectivity index (χ2n) is 8.95. The van der Waals surface area contributed by atoms with Crippen LogP contribution in [0, 0.1) is 6.92 Å². The number of aromatic nitrogens is 3. The van der Waals surface area contributed by atoms with Gasteiger partial charge in [-0.05, 0) is 48.4 Å². The minimum atomic E-state index is -3.41. The molecule has 2 aromatic heterocycles. The number of aromatic amines is 1. The molecule has 3 heterocycles. The highest BCUT2D eigenvalue weighted by Crippen LogP contribution is 2.35. The molecule has 4 aromatic rings. The Morgan fingerprint density at radius 2 is 1.65 bits per heavy atom. The highest BCUT2D eigenvalue weighted by atomic mass is 32.2. The molecule has 5 rings (SSSR count). The Morgan fingerprint density at radius 3 is 2.41 bits per heavy atom. The second-order valence-corrected chi connectivity index (χ2v) is 11.0. The maximum absolute atomic E-state index is 12.5. The Kier molecular flexibility index (Phi) is 5.44. The molecule has 2 aromatic carbocycles. The van der Waals surface area contributed by atoms with Crippen LogP contribution in [0.3, 0.4) is 0 Å². The standard InChI is InChI=1S/C27H25N3O3S/c1-16(2)27-29-25(26(30-27)22-9-4-6-17(3)28-22)20-8-5-7-18(14-20)19-10-11-24-21(15-19)23(31)12-13-34(24,32)33/h4-11,14-16H,12-13H2,1-3H3,(H,29,30). The number of fused-ring (bicyclic) bond motifs is 1. The van der Waals surface area contributed by atoms with Gasteiger partial charge in [-0.25, -0.2) is 13.4 Å². The van der Waals surface area contributed by atoms with Crippen molar-refractivity contribution in [2.75, 3.05) is 5.75 Å². The third-order valence-electron chi connectivity index (χ3n) is 6.10. The van der Waals surface area contributed by atoms with E-state index in [0.717, 1.165) is 45.3 Å². The molecule has 0 unspecified atom stereocenters. The molecule has 0 amide bonds. The summed E-state index contributed by atoms with van der Waals surface area (Å²) < 4.78 is 24.8. The lowest BCUT2D eigenvalue weighted by Gasteiger charge is -2.16. The fraction of sp³-hybridized carbons (Fsp3) is 0.222. The average molecular weight is 472 g/mol. The predicted molar refractivity (Wildman–Crippen MR) is 133 cm³/mol. The zero-order valence-corrected chi connectivity index (χ0v) is 20.1. The number of H-pyrrole nitrogens is 1. The van der Waals surface area contributed by atoms with Gasteiger partial charge in [0, 0.05) is 29.2 Å². The van der Waals surface area contributed by atoms with Crippen LogP contribution in [0.2, 0.25) is 0 Å². The van der Waals surface area contributed by atoms with Gasteiger partial charge >= 0.3 is 0 Å². The molecule has 1 aliphatic rings. The van der Waals surface area contributed by atoms with E-state index in [1.807, 2.05) is 49.4 Å². The third-order valence-corrected chi connectivity index (χ3v) is 7.86. The third kappa shape index (κ3) is 3.96. The Morgan fingerprint density at radius 1 is 0.912 bits per heavy atom. The first kappa shape index (κ1) is 22.2. The molecule has 0 radical (unpaired) electrons. The van der Waals surface area contributed by atoms with Crippen LogP contribution in [0.25, 0.3) is 33.8 Å². The van der Waals surface area contributed by atoms with Gasteiger partial charge in [-0.1, -0.05) is 44.2 Å². The monoisotopic (exact) mass is 471 g/mol. The molecule has 172 valence electrons. The molecule has 0 bridgehead atoms. The number of rotatable bonds is 4. The number of hydrogen-bond donors (Lipinski definition) is 1. The van der Waals surface area contributed by atoms with Crippen LogP contribution >= 0.6 is 0 Å². The first-order valence-corrected chi connectivity index (χ1v) is 12.9. The first-order valence-electron chi connectivity index (χ1n) is 11.3. The molecule has 1 N–H and O–H groups in total. The number of carbonyl (C=O) groups excluding carboxylic acids is 1. The lowest BCUT2D eigenvalue weighted by atomic mass is 9.97. The zero-order valence-electron chi connectivity index (χ0n) is 19.3. The number of nitrogens with one attached hydrogen (secondary N) is 1. The predicted octanol–water partition coefficient (Wildman–Crippen LogP) is 5.60. The van der Waals surface area contributed by atoms with Crippen molar-refractivity contribution in [3.05, 3.63) is 77.7 Å². The van der Waals surface area contributed by atoms with E-state index in [1.54, 1.807) is 18.2 Å². The number of imidazole rings is 1. The van der Waals surface area contributed by atoms with Crippen molar-refractivity contribution in [3.8, 4) is 33.8 Å². The molecule has 0 atom stereocenters. The van der Waals surface area contributed by atoms with Gasteiger partial charge in [0.1, 0.15) is 5.82 Å². The Labute approximate surface area is 199 Å². The van der Waals surface area contributed by atoms with Gasteiger partial charge in [0.15, 0.2) is 15.6 Å². The molecule has 0 aliphatic carbocycles. The number of benzene rings is 2. The minimum Gasteiger partial charge on any atom is -0.340 e. The molecular weight excluding hydrogens is 446 g/mol. The molecule has 0 spiro atoms. The van der Waals surface area contributed by atoms with Gasteiger partial charge in [-0.3, -0.25) is 9.78 Å². The minimum absolute atomic E-state index is 0.0247. The summed E-state index contributed by atoms with van der Waals surface area (Å²) in [4.78, 5) is 25.6. The lowest BCUT2D eigenvalue weighted by molar-refractivity contribution is 0.0983. The summed E-state index contributed by atoms with van der Waals surface area (Å²) >= 11 is 0. The van der Waals surface area contributed by atoms with Gasteiger partial charge in [-0.15, -0.1) is 0 Å². The summed E-state index contributed by atoms with van der Waals surface area (Å²) in [6, 6.07) is 18.8. The van der Waals surface area contributed by atoms with Gasteiger partial charge < -0.3 is 4.98 Å². The molecule has 7 heteroatoms. The fourth-order valence-electron chi connectivity index (χ4n) is 4.26. The quantitative estimate of drug-likeness (QED) is 0.418. The maximum atomic E-state index is 12.5. The maximum Gasteiger partial charge on any atom is 0.179 e. The molecule has 0 saturated heterocycles. The van der Waals surface area contributed by atoms with Crippen LogP contribution in [0.4, 0.5) is 0 Å². The summed E-state index contributed by atoms with van der Waals surface area (Å²) in [5.74, 6) is 0.836. The van der Waals surface area contributed by atoms with E-state index in [1.165, 1.54) is 0 Å². The van der Waals surface area contributed by atoms with Gasteiger partial charge in [0.25, 0.3) is 0 Å². The van der Waals surface area contributed by atoms with E-state index in [0.29, 0.717) is 0 Å². The Balaban J connectivity index is 1.63. The smallest absolute Gasteiger partial charge is 0.179 e. The first-order chi connectivity index (χ1) is 16.2. The molecule has 1 aliphatic heterocycles. The van der Waals surface area contributed by atoms with Crippen molar-refractivity contribution >= 4 is 15.6 Å². The van der Waals surface area contributed by atoms with Gasteiger partial charge in [0.2, 0.25) is 0 Å². The Hall–Kier alpha value is -3.58. The number of sulfone groups is 1. The van der Waals surface area contributed by atoms with Crippen LogP contribution in [-0.2, 0) is 9.84 Å². The van der Waals surface area contributed by atoms with Gasteiger partial charge in [0.05, 0.1) is 27.7 Å². The van der Waals surface area contributed by atoms with Crippen LogP contribution in [-0.4, -0.2) is 34.9 Å². The van der Waals surface area contributed by atoms with E-state index in [-0.39, 0.29) is 34.3 Å². The highest BCUT2D eigenvalue weighted by molar-refractivity contribution is 7.91. The number of Topliss-reactive ketones (excluding diaryl/α,β-unsaturated/α-hetero) is 1. The molecule has 34 heavy (non-hydrogen) atoms. The van der Waals surface area contributed by atoms with Crippen molar-refractivity contribution in [3.63, 3.8) is 0 Å². The van der Waals surface area contributed by atoms with Crippen LogP contribution in [0.1, 0.15) is 48.1 Å². The van der Waals surface area contributed by atoms with Crippen LogP contribution in [0.15, 0.2) is 65.6 Å². The number of hydrogen-bond acceptors (Lipinski definition) is 5. The van der Waals surface area contributed by atoms with Crippen molar-refractivity contribution < 1.29 is 13.2 Å². The van der Waals surface area contributed by atoms with Crippen molar-refractivity contribution in [2.45, 2.75) is 38.0 Å². The molecule has 0 saturated carbocycles. The number of carbonyl (C=O) groups is 1. The topological polar surface area (TPSA) is 92.8 Å². The average Bonchev–Trinajstić information content (AvgIpc) is 3.28. The summed E-state index contributed by atoms with van der Waals surface area (Å²) in [5, 5.41) is 0. The second kappa shape index (κ2) is 8.33. The number of aryl methyl sites for hydroxylation is 1. The SMILES string of the molecule is Cc1cccc(-c2[nH]c(C(C)C)nc2-c2cccc(-c3ccc4c(c3)C(=O)CCS4(=O)=O)c2)n1. The summed E-state index contributed by atoms with van der Waals surface area (Å²) in [6.07, 6.45) is 0.0247. The number of pyridine rings is 1. The van der Waals surface area contributed by atoms with Gasteiger partial charge in [-0.2, -0.15) is 0 Å². The van der Waals surface area contributed by atoms with Crippen molar-refractivity contribution in [1.29, 1.82) is 0 Å². The summed E-state index contributed by atoms with van der Waals surface area (Å²) in [5.41, 5.74) is 6.28. The molecular formula is C27H25N3O3S. The summed E-state index contributed by atoms with van der Waals surface area (Å²) in [6.45, 7) is 6.14. The lowest BCUT2D eigenvalue weighted by Crippen LogP contribution is -2.21. The number of ketones is 1. The van der Waals surface area contributed by atoms with Crippen molar-refractivity contribution in [2.24, 2.45) is 0 Å². The number of nitrogens with zero attached hydrogens (tertiary/aromatic N) is 2. The van der Waals surface area contributed by atoms with E-state index in [2.05, 4.69) is 23.8 Å². The zero-order chi connectivity index (χ0) is 24.0. The highest BCUT2D eigenvalue weighted by Gasteiger charge is 2.29. The molecule has 6 nitrogen and oxygen atoms in total. The van der Waals surface area contributed by atoms with E-state index in [9.17, 15) is 13.2 Å². The van der Waals surface area contributed by atoms with Crippen molar-refractivity contribution in [1.82, 2.24) is 15.0 Å². The van der Waals surface area contributed by atoms with E-state index < -0.39 is 9.84 Å². The normalized spacial score (nSPS) is 14.9. The molecule has 0 fully saturated rings. The van der Waals surface area contributed by atoms with Crippen LogP contribution < -0.4 is 0 Å².